The molecule has 0 unspecified atom stereocenters. The summed E-state index contributed by atoms with van der Waals surface area (Å²) in [6.45, 7) is 4.22. The van der Waals surface area contributed by atoms with Crippen LogP contribution in [0.4, 0.5) is 4.39 Å². The van der Waals surface area contributed by atoms with E-state index in [9.17, 15) is 14.0 Å². The Morgan fingerprint density at radius 2 is 1.71 bits per heavy atom. The molecule has 1 saturated carbocycles. The van der Waals surface area contributed by atoms with Gasteiger partial charge in [-0.05, 0) is 79.5 Å². The molecule has 2 aromatic carbocycles. The zero-order chi connectivity index (χ0) is 24.4. The number of carbonyl (C=O) groups is 2. The van der Waals surface area contributed by atoms with Gasteiger partial charge in [-0.3, -0.25) is 9.59 Å². The zero-order valence-electron chi connectivity index (χ0n) is 20.5. The van der Waals surface area contributed by atoms with E-state index < -0.39 is 6.10 Å². The number of nitrogens with zero attached hydrogens (tertiary/aromatic N) is 2. The number of ether oxygens (including phenoxy) is 1. The Hall–Kier alpha value is -2.89. The summed E-state index contributed by atoms with van der Waals surface area (Å²) in [6, 6.07) is 12.2. The number of benzene rings is 2. The van der Waals surface area contributed by atoms with Gasteiger partial charge in [-0.15, -0.1) is 0 Å². The van der Waals surface area contributed by atoms with Crippen LogP contribution in [0.5, 0.6) is 5.75 Å². The number of hydrogen-bond acceptors (Lipinski definition) is 3. The highest BCUT2D eigenvalue weighted by molar-refractivity contribution is 5.82. The van der Waals surface area contributed by atoms with Gasteiger partial charge < -0.3 is 14.5 Å². The van der Waals surface area contributed by atoms with Crippen molar-refractivity contribution in [1.82, 2.24) is 9.80 Å². The van der Waals surface area contributed by atoms with Gasteiger partial charge in [0.15, 0.2) is 6.10 Å². The number of carbonyl (C=O) groups excluding carboxylic acids is 2. The Morgan fingerprint density at radius 1 is 1.00 bits per heavy atom. The Balaban J connectivity index is 1.46. The van der Waals surface area contributed by atoms with E-state index in [0.717, 1.165) is 69.2 Å². The summed E-state index contributed by atoms with van der Waals surface area (Å²) in [4.78, 5) is 30.5. The summed E-state index contributed by atoms with van der Waals surface area (Å²) in [7, 11) is 0. The standard InChI is InChI=1S/C29H35FN2O3/c1-2-26(29(34)31-16-5-6-17-31)35-24-14-11-20-15-18-32(28(33)22-7-3-4-8-22)27(25(20)19-24)21-9-12-23(30)13-10-21/h9-14,19,22,26-27H,2-8,15-18H2,1H3/t26-,27+/m0/s1. The second kappa shape index (κ2) is 10.4. The van der Waals surface area contributed by atoms with E-state index in [1.54, 1.807) is 12.1 Å². The topological polar surface area (TPSA) is 49.9 Å². The number of rotatable bonds is 6. The van der Waals surface area contributed by atoms with E-state index in [1.807, 2.05) is 28.9 Å². The maximum atomic E-state index is 13.8. The average molecular weight is 479 g/mol. The fourth-order valence-corrected chi connectivity index (χ4v) is 5.93. The van der Waals surface area contributed by atoms with Gasteiger partial charge in [0.1, 0.15) is 11.6 Å². The summed E-state index contributed by atoms with van der Waals surface area (Å²) in [6.07, 6.45) is 7.03. The van der Waals surface area contributed by atoms with E-state index in [0.29, 0.717) is 18.7 Å². The molecular weight excluding hydrogens is 443 g/mol. The molecule has 0 aromatic heterocycles. The molecule has 1 saturated heterocycles. The third-order valence-corrected chi connectivity index (χ3v) is 7.86. The number of likely N-dealkylation sites (tertiary alicyclic amines) is 1. The van der Waals surface area contributed by atoms with Crippen LogP contribution < -0.4 is 4.74 Å². The molecule has 2 fully saturated rings. The fourth-order valence-electron chi connectivity index (χ4n) is 5.93. The van der Waals surface area contributed by atoms with Crippen LogP contribution in [0.3, 0.4) is 0 Å². The minimum atomic E-state index is -0.518. The second-order valence-electron chi connectivity index (χ2n) is 10.1. The molecule has 0 radical (unpaired) electrons. The molecule has 2 amide bonds. The first kappa shape index (κ1) is 23.8. The molecule has 2 aromatic rings. The van der Waals surface area contributed by atoms with Gasteiger partial charge in [0, 0.05) is 25.6 Å². The predicted molar refractivity (Wildman–Crippen MR) is 133 cm³/mol. The van der Waals surface area contributed by atoms with Crippen molar-refractivity contribution in [2.75, 3.05) is 19.6 Å². The van der Waals surface area contributed by atoms with Crippen LogP contribution in [0.2, 0.25) is 0 Å². The third-order valence-electron chi connectivity index (χ3n) is 7.86. The molecular formula is C29H35FN2O3. The Morgan fingerprint density at radius 3 is 2.40 bits per heavy atom. The number of fused-ring (bicyclic) bond motifs is 1. The van der Waals surface area contributed by atoms with E-state index in [1.165, 1.54) is 17.7 Å². The Kier molecular flexibility index (Phi) is 7.07. The van der Waals surface area contributed by atoms with E-state index in [4.69, 9.17) is 4.74 Å². The second-order valence-corrected chi connectivity index (χ2v) is 10.1. The van der Waals surface area contributed by atoms with Crippen molar-refractivity contribution >= 4 is 11.8 Å². The minimum Gasteiger partial charge on any atom is -0.481 e. The van der Waals surface area contributed by atoms with Crippen LogP contribution in [-0.4, -0.2) is 47.4 Å². The SMILES string of the molecule is CC[C@H](Oc1ccc2c(c1)[C@@H](c1ccc(F)cc1)N(C(=O)C1CCCC1)CC2)C(=O)N1CCCC1. The van der Waals surface area contributed by atoms with E-state index >= 15 is 0 Å². The van der Waals surface area contributed by atoms with Crippen molar-refractivity contribution < 1.29 is 18.7 Å². The van der Waals surface area contributed by atoms with Crippen LogP contribution in [0.1, 0.15) is 74.6 Å². The first-order valence-electron chi connectivity index (χ1n) is 13.2. The summed E-state index contributed by atoms with van der Waals surface area (Å²) >= 11 is 0. The number of halogens is 1. The summed E-state index contributed by atoms with van der Waals surface area (Å²) in [5.74, 6) is 0.675. The van der Waals surface area contributed by atoms with Crippen molar-refractivity contribution in [2.45, 2.75) is 70.4 Å². The van der Waals surface area contributed by atoms with Crippen molar-refractivity contribution in [3.8, 4) is 5.75 Å². The third kappa shape index (κ3) is 4.93. The highest BCUT2D eigenvalue weighted by atomic mass is 19.1. The summed E-state index contributed by atoms with van der Waals surface area (Å²) in [5.41, 5.74) is 3.08. The molecule has 186 valence electrons. The molecule has 0 bridgehead atoms. The van der Waals surface area contributed by atoms with Gasteiger partial charge in [-0.2, -0.15) is 0 Å². The first-order chi connectivity index (χ1) is 17.0. The van der Waals surface area contributed by atoms with Crippen molar-refractivity contribution in [2.24, 2.45) is 5.92 Å². The molecule has 0 spiro atoms. The zero-order valence-corrected chi connectivity index (χ0v) is 20.5. The molecule has 5 rings (SSSR count). The molecule has 3 aliphatic rings. The quantitative estimate of drug-likeness (QED) is 0.568. The maximum absolute atomic E-state index is 13.8. The molecule has 2 atom stereocenters. The summed E-state index contributed by atoms with van der Waals surface area (Å²) < 4.78 is 20.0. The largest absolute Gasteiger partial charge is 0.481 e. The van der Waals surface area contributed by atoms with Crippen molar-refractivity contribution in [3.63, 3.8) is 0 Å². The lowest BCUT2D eigenvalue weighted by molar-refractivity contribution is -0.138. The smallest absolute Gasteiger partial charge is 0.263 e. The van der Waals surface area contributed by atoms with Crippen molar-refractivity contribution in [3.05, 3.63) is 65.0 Å². The lowest BCUT2D eigenvalue weighted by Gasteiger charge is -2.39. The number of amides is 2. The predicted octanol–water partition coefficient (Wildman–Crippen LogP) is 5.27. The normalized spacial score (nSPS) is 21.1. The highest BCUT2D eigenvalue weighted by Gasteiger charge is 2.37. The molecule has 2 heterocycles. The first-order valence-corrected chi connectivity index (χ1v) is 13.2. The van der Waals surface area contributed by atoms with Crippen LogP contribution in [0, 0.1) is 11.7 Å². The van der Waals surface area contributed by atoms with Gasteiger partial charge in [0.05, 0.1) is 6.04 Å². The lowest BCUT2D eigenvalue weighted by Crippen LogP contribution is -2.43. The molecule has 2 aliphatic heterocycles. The van der Waals surface area contributed by atoms with Gasteiger partial charge in [-0.1, -0.05) is 38.0 Å². The number of hydrogen-bond donors (Lipinski definition) is 0. The minimum absolute atomic E-state index is 0.0517. The van der Waals surface area contributed by atoms with E-state index in [2.05, 4.69) is 6.07 Å². The molecule has 5 nitrogen and oxygen atoms in total. The van der Waals surface area contributed by atoms with Gasteiger partial charge in [-0.25, -0.2) is 4.39 Å². The highest BCUT2D eigenvalue weighted by Crippen LogP contribution is 2.40. The van der Waals surface area contributed by atoms with Crippen LogP contribution in [-0.2, 0) is 16.0 Å². The maximum Gasteiger partial charge on any atom is 0.263 e. The van der Waals surface area contributed by atoms with Crippen LogP contribution in [0.25, 0.3) is 0 Å². The monoisotopic (exact) mass is 478 g/mol. The van der Waals surface area contributed by atoms with Gasteiger partial charge in [0.2, 0.25) is 5.91 Å². The molecule has 0 N–H and O–H groups in total. The molecule has 6 heteroatoms. The van der Waals surface area contributed by atoms with Gasteiger partial charge in [0.25, 0.3) is 5.91 Å². The molecule has 1 aliphatic carbocycles. The average Bonchev–Trinajstić information content (AvgIpc) is 3.61. The van der Waals surface area contributed by atoms with E-state index in [-0.39, 0.29) is 29.6 Å². The van der Waals surface area contributed by atoms with Crippen LogP contribution >= 0.6 is 0 Å². The lowest BCUT2D eigenvalue weighted by atomic mass is 9.87. The summed E-state index contributed by atoms with van der Waals surface area (Å²) in [5, 5.41) is 0. The fraction of sp³-hybridized carbons (Fsp3) is 0.517. The van der Waals surface area contributed by atoms with Crippen LogP contribution in [0.15, 0.2) is 42.5 Å². The van der Waals surface area contributed by atoms with Gasteiger partial charge >= 0.3 is 0 Å². The van der Waals surface area contributed by atoms with Crippen molar-refractivity contribution in [1.29, 1.82) is 0 Å². The Labute approximate surface area is 207 Å². The Bertz CT molecular complexity index is 1060. The molecule has 35 heavy (non-hydrogen) atoms.